The quantitative estimate of drug-likeness (QED) is 0.0778. The van der Waals surface area contributed by atoms with E-state index in [4.69, 9.17) is 5.73 Å². The molecule has 0 spiro atoms. The van der Waals surface area contributed by atoms with Gasteiger partial charge >= 0.3 is 0 Å². The lowest BCUT2D eigenvalue weighted by atomic mass is 10.0. The van der Waals surface area contributed by atoms with E-state index in [1.54, 1.807) is 12.5 Å². The third-order valence-electron chi connectivity index (χ3n) is 7.28. The van der Waals surface area contributed by atoms with Crippen LogP contribution < -0.4 is 21.7 Å². The molecule has 0 unspecified atom stereocenters. The van der Waals surface area contributed by atoms with Crippen LogP contribution in [0, 0.1) is 0 Å². The van der Waals surface area contributed by atoms with Gasteiger partial charge < -0.3 is 26.7 Å². The van der Waals surface area contributed by atoms with E-state index in [9.17, 15) is 9.59 Å². The molecule has 40 heavy (non-hydrogen) atoms. The van der Waals surface area contributed by atoms with Crippen LogP contribution in [0.25, 0.3) is 0 Å². The van der Waals surface area contributed by atoms with Gasteiger partial charge in [-0.3, -0.25) is 9.59 Å². The van der Waals surface area contributed by atoms with Crippen molar-refractivity contribution in [1.82, 2.24) is 25.9 Å². The maximum Gasteiger partial charge on any atom is 0.242 e. The maximum absolute atomic E-state index is 12.5. The first-order valence-corrected chi connectivity index (χ1v) is 16.1. The molecule has 1 aromatic rings. The van der Waals surface area contributed by atoms with Crippen LogP contribution in [0.3, 0.4) is 0 Å². The first-order valence-electron chi connectivity index (χ1n) is 16.1. The van der Waals surface area contributed by atoms with Crippen molar-refractivity contribution in [2.75, 3.05) is 26.2 Å². The van der Waals surface area contributed by atoms with E-state index in [2.05, 4.69) is 32.8 Å². The molecule has 0 aliphatic heterocycles. The van der Waals surface area contributed by atoms with Crippen LogP contribution >= 0.6 is 12.4 Å². The van der Waals surface area contributed by atoms with E-state index in [0.29, 0.717) is 32.4 Å². The van der Waals surface area contributed by atoms with Crippen LogP contribution in [-0.2, 0) is 16.0 Å². The van der Waals surface area contributed by atoms with E-state index in [0.717, 1.165) is 25.2 Å². The topological polar surface area (TPSA) is 125 Å². The number of imidazole rings is 1. The molecule has 0 radical (unpaired) electrons. The third-order valence-corrected chi connectivity index (χ3v) is 7.28. The van der Waals surface area contributed by atoms with Crippen LogP contribution in [0.2, 0.25) is 0 Å². The Kier molecular flexibility index (Phi) is 27.7. The van der Waals surface area contributed by atoms with Crippen molar-refractivity contribution < 1.29 is 9.59 Å². The molecular formula is C31H61ClN6O2. The molecule has 0 fully saturated rings. The molecule has 234 valence electrons. The zero-order chi connectivity index (χ0) is 28.2. The van der Waals surface area contributed by atoms with Gasteiger partial charge in [-0.15, -0.1) is 12.4 Å². The first kappa shape index (κ1) is 38.4. The first-order chi connectivity index (χ1) is 19.2. The minimum atomic E-state index is -0.617. The fourth-order valence-corrected chi connectivity index (χ4v) is 4.83. The molecule has 8 nitrogen and oxygen atoms in total. The number of aromatic nitrogens is 2. The number of carbonyl (C=O) groups excluding carboxylic acids is 2. The third kappa shape index (κ3) is 23.1. The van der Waals surface area contributed by atoms with Crippen LogP contribution in [0.1, 0.15) is 135 Å². The second-order valence-electron chi connectivity index (χ2n) is 11.0. The molecule has 0 saturated carbocycles. The van der Waals surface area contributed by atoms with Crippen LogP contribution in [0.15, 0.2) is 12.5 Å². The van der Waals surface area contributed by atoms with Gasteiger partial charge in [0.25, 0.3) is 0 Å². The van der Waals surface area contributed by atoms with Crippen LogP contribution in [-0.4, -0.2) is 54.0 Å². The smallest absolute Gasteiger partial charge is 0.242 e. The Balaban J connectivity index is 0.0000152. The molecule has 1 aromatic heterocycles. The standard InChI is InChI=1S/C31H60N6O2.ClH/c1-2-3-4-5-6-7-8-9-10-11-12-13-14-15-16-17-22-33-23-18-20-30(38)37-29(25-28-26-34-27-36-28)31(39)35-24-19-21-32;/h26-27,29,33H,2-25,32H2,1H3,(H,34,36)(H,35,39)(H,37,38);1H/t29-;/m0./s1. The number of halogens is 1. The largest absolute Gasteiger partial charge is 0.354 e. The Morgan fingerprint density at radius 1 is 0.800 bits per heavy atom. The van der Waals surface area contributed by atoms with E-state index >= 15 is 0 Å². The average Bonchev–Trinajstić information content (AvgIpc) is 3.45. The molecular weight excluding hydrogens is 524 g/mol. The van der Waals surface area contributed by atoms with Crippen LogP contribution in [0.5, 0.6) is 0 Å². The normalized spacial score (nSPS) is 11.7. The Labute approximate surface area is 251 Å². The van der Waals surface area contributed by atoms with Crippen molar-refractivity contribution in [3.8, 4) is 0 Å². The lowest BCUT2D eigenvalue weighted by molar-refractivity contribution is -0.129. The summed E-state index contributed by atoms with van der Waals surface area (Å²) in [6.07, 6.45) is 27.6. The number of carbonyl (C=O) groups is 2. The van der Waals surface area contributed by atoms with Gasteiger partial charge in [0.05, 0.1) is 6.33 Å². The summed E-state index contributed by atoms with van der Waals surface area (Å²) in [5, 5.41) is 9.19. The number of hydrogen-bond donors (Lipinski definition) is 5. The molecule has 0 saturated heterocycles. The van der Waals surface area contributed by atoms with E-state index in [1.165, 1.54) is 103 Å². The number of rotatable bonds is 28. The molecule has 2 amide bonds. The highest BCUT2D eigenvalue weighted by Crippen LogP contribution is 2.13. The van der Waals surface area contributed by atoms with Crippen molar-refractivity contribution in [2.45, 2.75) is 141 Å². The van der Waals surface area contributed by atoms with E-state index in [1.807, 2.05) is 0 Å². The summed E-state index contributed by atoms with van der Waals surface area (Å²) < 4.78 is 0. The summed E-state index contributed by atoms with van der Waals surface area (Å²) in [4.78, 5) is 32.0. The van der Waals surface area contributed by atoms with Gasteiger partial charge in [-0.1, -0.05) is 103 Å². The van der Waals surface area contributed by atoms with Crippen molar-refractivity contribution in [1.29, 1.82) is 0 Å². The minimum Gasteiger partial charge on any atom is -0.354 e. The number of hydrogen-bond acceptors (Lipinski definition) is 5. The summed E-state index contributed by atoms with van der Waals surface area (Å²) in [5.74, 6) is -0.286. The summed E-state index contributed by atoms with van der Waals surface area (Å²) in [6, 6.07) is -0.617. The number of nitrogens with one attached hydrogen (secondary N) is 4. The predicted octanol–water partition coefficient (Wildman–Crippen LogP) is 5.96. The van der Waals surface area contributed by atoms with Gasteiger partial charge in [0.2, 0.25) is 11.8 Å². The maximum atomic E-state index is 12.5. The second kappa shape index (κ2) is 28.9. The molecule has 0 aromatic carbocycles. The Bertz CT molecular complexity index is 689. The Hall–Kier alpha value is -1.64. The van der Waals surface area contributed by atoms with Crippen molar-refractivity contribution in [3.05, 3.63) is 18.2 Å². The lowest BCUT2D eigenvalue weighted by Gasteiger charge is -2.18. The zero-order valence-electron chi connectivity index (χ0n) is 25.5. The van der Waals surface area contributed by atoms with E-state index < -0.39 is 6.04 Å². The number of nitrogens with two attached hydrogens (primary N) is 1. The molecule has 9 heteroatoms. The highest BCUT2D eigenvalue weighted by atomic mass is 35.5. The fourth-order valence-electron chi connectivity index (χ4n) is 4.83. The monoisotopic (exact) mass is 584 g/mol. The van der Waals surface area contributed by atoms with Gasteiger partial charge in [0.1, 0.15) is 6.04 Å². The summed E-state index contributed by atoms with van der Waals surface area (Å²) in [6.45, 7) is 5.13. The predicted molar refractivity (Wildman–Crippen MR) is 170 cm³/mol. The second-order valence-corrected chi connectivity index (χ2v) is 11.0. The van der Waals surface area contributed by atoms with Crippen molar-refractivity contribution in [2.24, 2.45) is 5.73 Å². The number of amides is 2. The SMILES string of the molecule is CCCCCCCCCCCCCCCCCCNCCCC(=O)N[C@@H](Cc1cnc[nH]1)C(=O)NCCCN.Cl. The highest BCUT2D eigenvalue weighted by Gasteiger charge is 2.21. The number of aromatic amines is 1. The van der Waals surface area contributed by atoms with Crippen molar-refractivity contribution in [3.63, 3.8) is 0 Å². The van der Waals surface area contributed by atoms with Gasteiger partial charge in [0, 0.05) is 31.3 Å². The van der Waals surface area contributed by atoms with Gasteiger partial charge in [-0.2, -0.15) is 0 Å². The molecule has 1 atom stereocenters. The van der Waals surface area contributed by atoms with Crippen LogP contribution in [0.4, 0.5) is 0 Å². The summed E-state index contributed by atoms with van der Waals surface area (Å²) in [5.41, 5.74) is 6.32. The molecule has 1 heterocycles. The lowest BCUT2D eigenvalue weighted by Crippen LogP contribution is -2.48. The molecule has 0 bridgehead atoms. The molecule has 6 N–H and O–H groups in total. The van der Waals surface area contributed by atoms with E-state index in [-0.39, 0.29) is 24.2 Å². The van der Waals surface area contributed by atoms with Gasteiger partial charge in [-0.05, 0) is 38.9 Å². The Morgan fingerprint density at radius 3 is 1.88 bits per heavy atom. The number of unbranched alkanes of at least 4 members (excludes halogenated alkanes) is 15. The summed E-state index contributed by atoms with van der Waals surface area (Å²) >= 11 is 0. The molecule has 0 aliphatic rings. The summed E-state index contributed by atoms with van der Waals surface area (Å²) in [7, 11) is 0. The fraction of sp³-hybridized carbons (Fsp3) is 0.839. The highest BCUT2D eigenvalue weighted by molar-refractivity contribution is 5.87. The van der Waals surface area contributed by atoms with Gasteiger partial charge in [0.15, 0.2) is 0 Å². The minimum absolute atomic E-state index is 0. The Morgan fingerprint density at radius 2 is 1.35 bits per heavy atom. The number of H-pyrrole nitrogens is 1. The van der Waals surface area contributed by atoms with Gasteiger partial charge in [-0.25, -0.2) is 4.98 Å². The average molecular weight is 585 g/mol. The van der Waals surface area contributed by atoms with Crippen molar-refractivity contribution >= 4 is 24.2 Å². The zero-order valence-corrected chi connectivity index (χ0v) is 26.3. The number of nitrogens with zero attached hydrogens (tertiary/aromatic N) is 1. The molecule has 1 rings (SSSR count). The molecule has 0 aliphatic carbocycles.